The predicted molar refractivity (Wildman–Crippen MR) is 141 cm³/mol. The van der Waals surface area contributed by atoms with E-state index in [1.807, 2.05) is 28.8 Å². The zero-order chi connectivity index (χ0) is 25.7. The van der Waals surface area contributed by atoms with E-state index in [2.05, 4.69) is 34.2 Å². The topological polar surface area (TPSA) is 97.0 Å². The lowest BCUT2D eigenvalue weighted by molar-refractivity contribution is -0.136. The Morgan fingerprint density at radius 3 is 2.49 bits per heavy atom. The Kier molecular flexibility index (Phi) is 6.13. The fraction of sp³-hybridized carbons (Fsp3) is 0.517. The molecule has 4 bridgehead atoms. The first kappa shape index (κ1) is 23.9. The number of hydrogen-bond acceptors (Lipinski definition) is 6. The van der Waals surface area contributed by atoms with E-state index < -0.39 is 5.97 Å². The number of oxime groups is 1. The molecule has 5 aliphatic rings. The van der Waals surface area contributed by atoms with Crippen LogP contribution >= 0.6 is 0 Å². The number of carbonyl (C=O) groups is 1. The monoisotopic (exact) mass is 502 g/mol. The van der Waals surface area contributed by atoms with E-state index in [1.54, 1.807) is 11.1 Å². The number of carboxylic acids is 1. The molecule has 3 unspecified atom stereocenters. The Labute approximate surface area is 216 Å². The van der Waals surface area contributed by atoms with E-state index in [0.29, 0.717) is 29.4 Å². The fourth-order valence-electron chi connectivity index (χ4n) is 7.05. The van der Waals surface area contributed by atoms with Gasteiger partial charge in [-0.25, -0.2) is 4.98 Å². The third-order valence-corrected chi connectivity index (χ3v) is 8.93. The van der Waals surface area contributed by atoms with Crippen molar-refractivity contribution in [3.63, 3.8) is 0 Å². The highest BCUT2D eigenvalue weighted by molar-refractivity contribution is 6.00. The van der Waals surface area contributed by atoms with Crippen LogP contribution in [0, 0.1) is 11.8 Å². The van der Waals surface area contributed by atoms with Gasteiger partial charge >= 0.3 is 5.97 Å². The highest BCUT2D eigenvalue weighted by Gasteiger charge is 2.53. The number of benzene rings is 1. The number of aliphatic carboxylic acids is 1. The largest absolute Gasteiger partial charge is 0.481 e. The van der Waals surface area contributed by atoms with Crippen LogP contribution in [0.3, 0.4) is 0 Å². The van der Waals surface area contributed by atoms with Gasteiger partial charge in [0.2, 0.25) is 0 Å². The van der Waals surface area contributed by atoms with E-state index in [0.717, 1.165) is 31.2 Å². The van der Waals surface area contributed by atoms with E-state index in [4.69, 9.17) is 4.84 Å². The van der Waals surface area contributed by atoms with Crippen molar-refractivity contribution < 1.29 is 14.7 Å². The number of nitrogens with zero attached hydrogens (tertiary/aromatic N) is 4. The Morgan fingerprint density at radius 2 is 1.84 bits per heavy atom. The van der Waals surface area contributed by atoms with Crippen LogP contribution in [0.5, 0.6) is 0 Å². The molecule has 8 nitrogen and oxygen atoms in total. The molecule has 3 heterocycles. The predicted octanol–water partition coefficient (Wildman–Crippen LogP) is 4.65. The zero-order valence-electron chi connectivity index (χ0n) is 21.5. The number of allylic oxidation sites excluding steroid dienone is 3. The molecule has 5 fully saturated rings. The van der Waals surface area contributed by atoms with Crippen molar-refractivity contribution in [3.8, 4) is 0 Å². The summed E-state index contributed by atoms with van der Waals surface area (Å²) < 4.78 is 1.91. The van der Waals surface area contributed by atoms with Gasteiger partial charge in [-0.15, -0.1) is 0 Å². The van der Waals surface area contributed by atoms with Crippen LogP contribution in [-0.4, -0.2) is 50.4 Å². The molecule has 2 saturated heterocycles. The molecular formula is C29H34N4O4. The summed E-state index contributed by atoms with van der Waals surface area (Å²) in [5.74, 6) is 0.393. The van der Waals surface area contributed by atoms with Crippen LogP contribution in [0.4, 0.5) is 0 Å². The number of hydrogen-bond donors (Lipinski definition) is 1. The van der Waals surface area contributed by atoms with Gasteiger partial charge in [0, 0.05) is 42.6 Å². The maximum atomic E-state index is 14.0. The molecule has 1 aromatic carbocycles. The standard InChI is InChI=1S/C29H34N4O4/c1-3-20-21-15-22(20)23(21)16-32-17-7-6-8-18(32)14-19(13-17)33-26-10-5-4-9-24(26)30-28(29(33)36)25(31-37-2)11-12-27(34)35/h3-5,9-10,16-19,21-22H,6-8,11-15H2,1-2H3,(H,34,35)/b20-3?,23-16?,31-25+/t17-,18+,19?,21?,22?. The molecule has 37 heavy (non-hydrogen) atoms. The molecule has 0 spiro atoms. The highest BCUT2D eigenvalue weighted by atomic mass is 16.6. The second-order valence-corrected chi connectivity index (χ2v) is 10.8. The Morgan fingerprint density at radius 1 is 1.11 bits per heavy atom. The second kappa shape index (κ2) is 9.47. The molecule has 1 N–H and O–H groups in total. The summed E-state index contributed by atoms with van der Waals surface area (Å²) >= 11 is 0. The molecule has 8 heteroatoms. The number of piperidine rings is 2. The summed E-state index contributed by atoms with van der Waals surface area (Å²) in [6, 6.07) is 8.59. The number of para-hydroxylation sites is 2. The van der Waals surface area contributed by atoms with Crippen molar-refractivity contribution in [2.75, 3.05) is 7.11 Å². The van der Waals surface area contributed by atoms with Gasteiger partial charge in [0.15, 0.2) is 5.69 Å². The smallest absolute Gasteiger partial charge is 0.303 e. The van der Waals surface area contributed by atoms with Crippen molar-refractivity contribution in [2.45, 2.75) is 76.4 Å². The average molecular weight is 503 g/mol. The zero-order valence-corrected chi connectivity index (χ0v) is 21.5. The molecule has 0 amide bonds. The van der Waals surface area contributed by atoms with Crippen LogP contribution < -0.4 is 5.56 Å². The van der Waals surface area contributed by atoms with Gasteiger partial charge in [-0.1, -0.05) is 28.9 Å². The minimum Gasteiger partial charge on any atom is -0.481 e. The summed E-state index contributed by atoms with van der Waals surface area (Å²) in [4.78, 5) is 37.5. The summed E-state index contributed by atoms with van der Waals surface area (Å²) in [5, 5.41) is 13.2. The van der Waals surface area contributed by atoms with E-state index in [-0.39, 0.29) is 35.8 Å². The number of rotatable bonds is 7. The quantitative estimate of drug-likeness (QED) is 0.336. The minimum absolute atomic E-state index is 0.0504. The number of carboxylic acid groups (broad SMARTS) is 1. The Balaban J connectivity index is 1.36. The second-order valence-electron chi connectivity index (χ2n) is 10.8. The van der Waals surface area contributed by atoms with Crippen LogP contribution in [0.25, 0.3) is 11.0 Å². The van der Waals surface area contributed by atoms with Gasteiger partial charge in [-0.05, 0) is 63.2 Å². The Bertz CT molecular complexity index is 1360. The maximum Gasteiger partial charge on any atom is 0.303 e. The van der Waals surface area contributed by atoms with Crippen molar-refractivity contribution in [1.29, 1.82) is 0 Å². The molecular weight excluding hydrogens is 468 g/mol. The maximum absolute atomic E-state index is 14.0. The van der Waals surface area contributed by atoms with Crippen LogP contribution in [0.2, 0.25) is 0 Å². The molecule has 5 atom stereocenters. The molecule has 1 aromatic heterocycles. The average Bonchev–Trinajstić information content (AvgIpc) is 2.83. The molecule has 3 saturated carbocycles. The van der Waals surface area contributed by atoms with E-state index in [9.17, 15) is 14.7 Å². The van der Waals surface area contributed by atoms with Gasteiger partial charge in [0.25, 0.3) is 5.56 Å². The van der Waals surface area contributed by atoms with E-state index >= 15 is 0 Å². The molecule has 194 valence electrons. The van der Waals surface area contributed by atoms with Crippen LogP contribution in [0.15, 0.2) is 57.6 Å². The lowest BCUT2D eigenvalue weighted by Crippen LogP contribution is -2.53. The van der Waals surface area contributed by atoms with Gasteiger partial charge in [0.1, 0.15) is 12.8 Å². The summed E-state index contributed by atoms with van der Waals surface area (Å²) in [6.45, 7) is 2.15. The fourth-order valence-corrected chi connectivity index (χ4v) is 7.05. The highest BCUT2D eigenvalue weighted by Crippen LogP contribution is 2.63. The molecule has 2 aliphatic heterocycles. The summed E-state index contributed by atoms with van der Waals surface area (Å²) in [6.07, 6.45) is 11.3. The van der Waals surface area contributed by atoms with Crippen molar-refractivity contribution in [3.05, 3.63) is 63.7 Å². The normalized spacial score (nSPS) is 28.4. The summed E-state index contributed by atoms with van der Waals surface area (Å²) in [5.41, 5.74) is 5.00. The van der Waals surface area contributed by atoms with E-state index in [1.165, 1.54) is 20.0 Å². The number of fused-ring (bicyclic) bond motifs is 3. The third kappa shape index (κ3) is 3.97. The minimum atomic E-state index is -0.954. The van der Waals surface area contributed by atoms with Crippen LogP contribution in [-0.2, 0) is 9.63 Å². The van der Waals surface area contributed by atoms with Crippen molar-refractivity contribution in [1.82, 2.24) is 14.5 Å². The van der Waals surface area contributed by atoms with Gasteiger partial charge < -0.3 is 19.4 Å². The first-order chi connectivity index (χ1) is 18.0. The molecule has 7 rings (SSSR count). The molecule has 0 radical (unpaired) electrons. The lowest BCUT2D eigenvalue weighted by Gasteiger charge is -2.58. The molecule has 3 aliphatic carbocycles. The third-order valence-electron chi connectivity index (χ3n) is 8.93. The molecule has 2 aromatic rings. The Hall–Kier alpha value is -3.42. The summed E-state index contributed by atoms with van der Waals surface area (Å²) in [7, 11) is 1.40. The SMILES string of the molecule is CC=C1C2CC1C2=CN1[C@@H]2CCC[C@H]1CC(n1c(=O)c(/C(CCC(=O)O)=N/OC)nc3ccccc31)C2. The van der Waals surface area contributed by atoms with Crippen molar-refractivity contribution >= 4 is 22.7 Å². The van der Waals surface area contributed by atoms with Crippen LogP contribution in [0.1, 0.15) is 70.0 Å². The first-order valence-electron chi connectivity index (χ1n) is 13.5. The van der Waals surface area contributed by atoms with Gasteiger partial charge in [-0.3, -0.25) is 9.59 Å². The first-order valence-corrected chi connectivity index (χ1v) is 13.5. The van der Waals surface area contributed by atoms with Gasteiger partial charge in [0.05, 0.1) is 17.5 Å². The number of aromatic nitrogens is 2. The lowest BCUT2D eigenvalue weighted by atomic mass is 9.48. The van der Waals surface area contributed by atoms with Gasteiger partial charge in [-0.2, -0.15) is 0 Å². The van der Waals surface area contributed by atoms with Crippen molar-refractivity contribution in [2.24, 2.45) is 17.0 Å².